The molecule has 6 nitrogen and oxygen atoms in total. The molecule has 1 N–H and O–H groups in total. The van der Waals surface area contributed by atoms with Crippen LogP contribution in [0.5, 0.6) is 11.5 Å². The van der Waals surface area contributed by atoms with Gasteiger partial charge in [-0.05, 0) is 36.3 Å². The van der Waals surface area contributed by atoms with Gasteiger partial charge in [-0.25, -0.2) is 0 Å². The first-order valence-corrected chi connectivity index (χ1v) is 10.8. The van der Waals surface area contributed by atoms with Crippen LogP contribution in [0, 0.1) is 0 Å². The van der Waals surface area contributed by atoms with E-state index in [-0.39, 0.29) is 25.0 Å². The van der Waals surface area contributed by atoms with Crippen LogP contribution in [0.3, 0.4) is 0 Å². The minimum absolute atomic E-state index is 0.147. The minimum atomic E-state index is -0.166. The van der Waals surface area contributed by atoms with Crippen LogP contribution >= 0.6 is 35.6 Å². The molecule has 9 heteroatoms. The Hall–Kier alpha value is -2.55. The monoisotopic (exact) mass is 460 g/mol. The average molecular weight is 461 g/mol. The Bertz CT molecular complexity index is 1060. The van der Waals surface area contributed by atoms with Crippen LogP contribution in [-0.4, -0.2) is 34.4 Å². The summed E-state index contributed by atoms with van der Waals surface area (Å²) in [4.78, 5) is 27.0. The number of ether oxygens (including phenoxy) is 2. The summed E-state index contributed by atoms with van der Waals surface area (Å²) in [5, 5.41) is 3.40. The summed E-state index contributed by atoms with van der Waals surface area (Å²) in [5.41, 5.74) is 1.40. The number of thiocarbonyl (C=S) groups is 1. The van der Waals surface area contributed by atoms with E-state index in [4.69, 9.17) is 33.3 Å². The topological polar surface area (TPSA) is 67.9 Å². The van der Waals surface area contributed by atoms with Crippen molar-refractivity contribution in [2.45, 2.75) is 12.8 Å². The number of amides is 2. The third-order valence-electron chi connectivity index (χ3n) is 4.51. The zero-order valence-electron chi connectivity index (χ0n) is 15.7. The average Bonchev–Trinajstić information content (AvgIpc) is 3.29. The number of carbonyl (C=O) groups is 2. The fourth-order valence-electron chi connectivity index (χ4n) is 3.02. The number of halogens is 1. The largest absolute Gasteiger partial charge is 0.454 e. The second-order valence-electron chi connectivity index (χ2n) is 6.57. The zero-order valence-corrected chi connectivity index (χ0v) is 18.1. The summed E-state index contributed by atoms with van der Waals surface area (Å²) < 4.78 is 11.0. The minimum Gasteiger partial charge on any atom is -0.454 e. The Balaban J connectivity index is 1.30. The first kappa shape index (κ1) is 20.7. The summed E-state index contributed by atoms with van der Waals surface area (Å²) in [6.07, 6.45) is 2.49. The van der Waals surface area contributed by atoms with Gasteiger partial charge in [0.15, 0.2) is 11.5 Å². The highest BCUT2D eigenvalue weighted by Crippen LogP contribution is 2.35. The molecule has 0 bridgehead atoms. The lowest BCUT2D eigenvalue weighted by atomic mass is 10.2. The highest BCUT2D eigenvalue weighted by Gasteiger charge is 2.31. The molecule has 2 aliphatic heterocycles. The van der Waals surface area contributed by atoms with Gasteiger partial charge in [-0.3, -0.25) is 14.5 Å². The van der Waals surface area contributed by atoms with Gasteiger partial charge in [0.2, 0.25) is 12.7 Å². The van der Waals surface area contributed by atoms with Gasteiger partial charge in [0, 0.05) is 29.7 Å². The predicted octanol–water partition coefficient (Wildman–Crippen LogP) is 4.69. The highest BCUT2D eigenvalue weighted by atomic mass is 35.5. The van der Waals surface area contributed by atoms with Gasteiger partial charge in [0.05, 0.1) is 4.91 Å². The smallest absolute Gasteiger partial charge is 0.266 e. The molecule has 0 unspecified atom stereocenters. The maximum Gasteiger partial charge on any atom is 0.266 e. The molecule has 2 aromatic rings. The van der Waals surface area contributed by atoms with E-state index in [1.165, 1.54) is 16.7 Å². The van der Waals surface area contributed by atoms with Crippen molar-refractivity contribution in [1.29, 1.82) is 0 Å². The lowest BCUT2D eigenvalue weighted by Crippen LogP contribution is -2.29. The molecule has 0 aliphatic carbocycles. The normalized spacial score (nSPS) is 16.4. The molecule has 2 amide bonds. The highest BCUT2D eigenvalue weighted by molar-refractivity contribution is 8.26. The first-order chi connectivity index (χ1) is 14.5. The first-order valence-electron chi connectivity index (χ1n) is 9.20. The molecule has 2 aliphatic rings. The molecule has 154 valence electrons. The molecule has 1 saturated heterocycles. The Morgan fingerprint density at radius 1 is 1.23 bits per heavy atom. The molecule has 2 aromatic carbocycles. The van der Waals surface area contributed by atoms with Crippen molar-refractivity contribution in [2.75, 3.05) is 18.7 Å². The summed E-state index contributed by atoms with van der Waals surface area (Å²) in [6.45, 7) is 0.556. The Morgan fingerprint density at radius 2 is 2.03 bits per heavy atom. The maximum absolute atomic E-state index is 12.7. The number of carbonyl (C=O) groups excluding carboxylic acids is 2. The van der Waals surface area contributed by atoms with Gasteiger partial charge < -0.3 is 14.8 Å². The second kappa shape index (κ2) is 9.07. The molecule has 30 heavy (non-hydrogen) atoms. The number of fused-ring (bicyclic) bond motifs is 1. The lowest BCUT2D eigenvalue weighted by molar-refractivity contribution is -0.122. The maximum atomic E-state index is 12.7. The zero-order chi connectivity index (χ0) is 21.1. The van der Waals surface area contributed by atoms with E-state index >= 15 is 0 Å². The van der Waals surface area contributed by atoms with Crippen molar-refractivity contribution >= 4 is 63.5 Å². The van der Waals surface area contributed by atoms with E-state index in [9.17, 15) is 9.59 Å². The molecule has 0 aromatic heterocycles. The van der Waals surface area contributed by atoms with Crippen molar-refractivity contribution in [3.8, 4) is 11.5 Å². The van der Waals surface area contributed by atoms with Crippen molar-refractivity contribution in [2.24, 2.45) is 0 Å². The van der Waals surface area contributed by atoms with Gasteiger partial charge in [-0.2, -0.15) is 0 Å². The van der Waals surface area contributed by atoms with E-state index in [1.54, 1.807) is 30.3 Å². The summed E-state index contributed by atoms with van der Waals surface area (Å²) in [5.74, 6) is 0.954. The number of thioether (sulfide) groups is 1. The molecule has 1 fully saturated rings. The summed E-state index contributed by atoms with van der Waals surface area (Å²) in [7, 11) is 0. The van der Waals surface area contributed by atoms with E-state index in [0.29, 0.717) is 44.4 Å². The number of nitrogens with one attached hydrogen (secondary N) is 1. The molecular weight excluding hydrogens is 444 g/mol. The molecule has 0 radical (unpaired) electrons. The van der Waals surface area contributed by atoms with Gasteiger partial charge in [0.1, 0.15) is 4.32 Å². The van der Waals surface area contributed by atoms with Crippen LogP contribution < -0.4 is 14.8 Å². The number of hydrogen-bond acceptors (Lipinski definition) is 6. The Kier molecular flexibility index (Phi) is 6.26. The van der Waals surface area contributed by atoms with Crippen LogP contribution in [0.25, 0.3) is 6.08 Å². The van der Waals surface area contributed by atoms with Gasteiger partial charge >= 0.3 is 0 Å². The number of benzene rings is 2. The van der Waals surface area contributed by atoms with Crippen molar-refractivity contribution in [3.05, 3.63) is 58.0 Å². The van der Waals surface area contributed by atoms with Crippen molar-refractivity contribution in [1.82, 2.24) is 4.90 Å². The van der Waals surface area contributed by atoms with Crippen molar-refractivity contribution in [3.63, 3.8) is 0 Å². The van der Waals surface area contributed by atoms with Crippen molar-refractivity contribution < 1.29 is 19.1 Å². The second-order valence-corrected chi connectivity index (χ2v) is 8.66. The molecule has 2 heterocycles. The fourth-order valence-corrected chi connectivity index (χ4v) is 4.51. The van der Waals surface area contributed by atoms with Gasteiger partial charge in [0.25, 0.3) is 5.91 Å². The van der Waals surface area contributed by atoms with E-state index in [2.05, 4.69) is 5.32 Å². The quantitative estimate of drug-likeness (QED) is 0.498. The molecular formula is C21H17ClN2O4S2. The molecule has 4 rings (SSSR count). The number of anilines is 1. The summed E-state index contributed by atoms with van der Waals surface area (Å²) >= 11 is 12.8. The number of hydrogen-bond donors (Lipinski definition) is 1. The Morgan fingerprint density at radius 3 is 2.87 bits per heavy atom. The van der Waals surface area contributed by atoms with Gasteiger partial charge in [-0.15, -0.1) is 0 Å². The van der Waals surface area contributed by atoms with Crippen LogP contribution in [0.4, 0.5) is 5.69 Å². The van der Waals surface area contributed by atoms with Crippen LogP contribution in [0.15, 0.2) is 47.4 Å². The molecule has 0 spiro atoms. The van der Waals surface area contributed by atoms with Crippen LogP contribution in [0.2, 0.25) is 5.02 Å². The van der Waals surface area contributed by atoms with E-state index < -0.39 is 0 Å². The summed E-state index contributed by atoms with van der Waals surface area (Å²) in [6, 6.07) is 12.5. The predicted molar refractivity (Wildman–Crippen MR) is 122 cm³/mol. The standard InChI is InChI=1S/C21H17ClN2O4S2/c22-15-5-2-1-4-13(15)10-18-20(26)24(21(29)30-18)9-3-6-19(25)23-14-7-8-16-17(11-14)28-12-27-16/h1-2,4-5,7-8,10-11H,3,6,9,12H2,(H,23,25)/b18-10-. The van der Waals surface area contributed by atoms with Crippen LogP contribution in [-0.2, 0) is 9.59 Å². The Labute approximate surface area is 188 Å². The third kappa shape index (κ3) is 4.61. The number of nitrogens with zero attached hydrogens (tertiary/aromatic N) is 1. The SMILES string of the molecule is O=C(CCCN1C(=O)/C(=C/c2ccccc2Cl)SC1=S)Nc1ccc2c(c1)OCO2. The van der Waals surface area contributed by atoms with Gasteiger partial charge in [-0.1, -0.05) is 53.8 Å². The van der Waals surface area contributed by atoms with E-state index in [0.717, 1.165) is 5.56 Å². The number of rotatable bonds is 6. The molecule has 0 atom stereocenters. The fraction of sp³-hybridized carbons (Fsp3) is 0.190. The lowest BCUT2D eigenvalue weighted by Gasteiger charge is -2.14. The third-order valence-corrected chi connectivity index (χ3v) is 6.23. The van der Waals surface area contributed by atoms with Crippen LogP contribution in [0.1, 0.15) is 18.4 Å². The van der Waals surface area contributed by atoms with E-state index in [1.807, 2.05) is 18.2 Å². The molecule has 0 saturated carbocycles.